The van der Waals surface area contributed by atoms with Gasteiger partial charge in [0.15, 0.2) is 0 Å². The molecular formula is C7H12S2. The second kappa shape index (κ2) is 2.75. The first-order valence-electron chi connectivity index (χ1n) is 3.75. The van der Waals surface area contributed by atoms with Crippen molar-refractivity contribution in [2.75, 3.05) is 5.75 Å². The summed E-state index contributed by atoms with van der Waals surface area (Å²) in [5.74, 6) is 2.53. The zero-order chi connectivity index (χ0) is 6.10. The van der Waals surface area contributed by atoms with E-state index in [9.17, 15) is 0 Å². The highest BCUT2D eigenvalue weighted by Gasteiger charge is 2.30. The molecule has 0 amide bonds. The van der Waals surface area contributed by atoms with Crippen molar-refractivity contribution in [2.24, 2.45) is 5.92 Å². The molecular weight excluding hydrogens is 148 g/mol. The molecule has 2 atom stereocenters. The second-order valence-electron chi connectivity index (χ2n) is 2.96. The quantitative estimate of drug-likeness (QED) is 0.500. The Morgan fingerprint density at radius 1 is 1.11 bits per heavy atom. The van der Waals surface area contributed by atoms with E-state index in [1.54, 1.807) is 0 Å². The summed E-state index contributed by atoms with van der Waals surface area (Å²) in [6.07, 6.45) is 6.02. The van der Waals surface area contributed by atoms with Gasteiger partial charge in [0.1, 0.15) is 0 Å². The summed E-state index contributed by atoms with van der Waals surface area (Å²) >= 11 is 0. The van der Waals surface area contributed by atoms with Crippen LogP contribution in [0.3, 0.4) is 0 Å². The second-order valence-corrected chi connectivity index (χ2v) is 5.62. The minimum absolute atomic E-state index is 1.05. The molecule has 0 N–H and O–H groups in total. The van der Waals surface area contributed by atoms with Crippen LogP contribution in [0, 0.1) is 5.92 Å². The van der Waals surface area contributed by atoms with Crippen LogP contribution in [0.2, 0.25) is 0 Å². The predicted molar refractivity (Wildman–Crippen MR) is 45.8 cm³/mol. The lowest BCUT2D eigenvalue weighted by Gasteiger charge is -2.22. The number of hydrogen-bond donors (Lipinski definition) is 0. The van der Waals surface area contributed by atoms with Gasteiger partial charge < -0.3 is 0 Å². The van der Waals surface area contributed by atoms with Crippen LogP contribution >= 0.6 is 21.6 Å². The molecule has 2 aliphatic rings. The van der Waals surface area contributed by atoms with Crippen LogP contribution in [0.15, 0.2) is 0 Å². The Balaban J connectivity index is 1.97. The third kappa shape index (κ3) is 1.25. The highest BCUT2D eigenvalue weighted by atomic mass is 33.1. The fourth-order valence-corrected chi connectivity index (χ4v) is 5.35. The summed E-state index contributed by atoms with van der Waals surface area (Å²) in [6, 6.07) is 0. The molecule has 0 nitrogen and oxygen atoms in total. The summed E-state index contributed by atoms with van der Waals surface area (Å²) in [6.45, 7) is 0. The zero-order valence-electron chi connectivity index (χ0n) is 5.51. The van der Waals surface area contributed by atoms with Crippen molar-refractivity contribution in [1.29, 1.82) is 0 Å². The van der Waals surface area contributed by atoms with Gasteiger partial charge in [-0.1, -0.05) is 34.4 Å². The first-order valence-corrected chi connectivity index (χ1v) is 6.13. The molecule has 52 valence electrons. The minimum Gasteiger partial charge on any atom is -0.0935 e. The molecule has 0 unspecified atom stereocenters. The van der Waals surface area contributed by atoms with Gasteiger partial charge in [-0.15, -0.1) is 0 Å². The number of rotatable bonds is 0. The van der Waals surface area contributed by atoms with Gasteiger partial charge in [0.05, 0.1) is 0 Å². The van der Waals surface area contributed by atoms with Gasteiger partial charge >= 0.3 is 0 Å². The molecule has 2 fully saturated rings. The fraction of sp³-hybridized carbons (Fsp3) is 1.00. The molecule has 9 heavy (non-hydrogen) atoms. The van der Waals surface area contributed by atoms with E-state index in [2.05, 4.69) is 21.6 Å². The monoisotopic (exact) mass is 160 g/mol. The highest BCUT2D eigenvalue weighted by molar-refractivity contribution is 8.77. The van der Waals surface area contributed by atoms with Crippen LogP contribution < -0.4 is 0 Å². The van der Waals surface area contributed by atoms with Crippen LogP contribution in [0.25, 0.3) is 0 Å². The van der Waals surface area contributed by atoms with Crippen LogP contribution in [0.4, 0.5) is 0 Å². The first-order chi connectivity index (χ1) is 4.47. The van der Waals surface area contributed by atoms with Gasteiger partial charge in [-0.2, -0.15) is 0 Å². The zero-order valence-corrected chi connectivity index (χ0v) is 7.14. The predicted octanol–water partition coefficient (Wildman–Crippen LogP) is 2.94. The summed E-state index contributed by atoms with van der Waals surface area (Å²) < 4.78 is 0. The van der Waals surface area contributed by atoms with Crippen molar-refractivity contribution in [3.8, 4) is 0 Å². The van der Waals surface area contributed by atoms with Crippen LogP contribution in [0.5, 0.6) is 0 Å². The van der Waals surface area contributed by atoms with E-state index in [-0.39, 0.29) is 0 Å². The Kier molecular flexibility index (Phi) is 1.96. The molecule has 0 aromatic rings. The van der Waals surface area contributed by atoms with Gasteiger partial charge in [0.25, 0.3) is 0 Å². The van der Waals surface area contributed by atoms with E-state index in [0.29, 0.717) is 0 Å². The van der Waals surface area contributed by atoms with E-state index in [1.165, 1.54) is 31.4 Å². The lowest BCUT2D eigenvalue weighted by molar-refractivity contribution is 0.408. The normalized spacial score (nSPS) is 42.7. The molecule has 2 rings (SSSR count). The van der Waals surface area contributed by atoms with Crippen molar-refractivity contribution in [3.05, 3.63) is 0 Å². The van der Waals surface area contributed by atoms with E-state index >= 15 is 0 Å². The molecule has 0 radical (unpaired) electrons. The van der Waals surface area contributed by atoms with Crippen molar-refractivity contribution < 1.29 is 0 Å². The maximum absolute atomic E-state index is 2.14. The molecule has 1 aliphatic heterocycles. The Bertz CT molecular complexity index is 91.1. The summed E-state index contributed by atoms with van der Waals surface area (Å²) in [4.78, 5) is 0. The van der Waals surface area contributed by atoms with Gasteiger partial charge in [-0.05, 0) is 18.8 Å². The maximum Gasteiger partial charge on any atom is 0.0187 e. The third-order valence-electron chi connectivity index (χ3n) is 2.31. The van der Waals surface area contributed by atoms with Crippen LogP contribution in [-0.2, 0) is 0 Å². The van der Waals surface area contributed by atoms with E-state index in [1.807, 2.05) is 0 Å². The molecule has 0 spiro atoms. The molecule has 0 aromatic carbocycles. The lowest BCUT2D eigenvalue weighted by Crippen LogP contribution is -2.18. The summed E-state index contributed by atoms with van der Waals surface area (Å²) in [5, 5.41) is 1.05. The molecule has 1 saturated carbocycles. The molecule has 2 heteroatoms. The van der Waals surface area contributed by atoms with Gasteiger partial charge in [0, 0.05) is 11.0 Å². The van der Waals surface area contributed by atoms with Crippen molar-refractivity contribution >= 4 is 21.6 Å². The first kappa shape index (κ1) is 6.41. The Morgan fingerprint density at radius 3 is 2.89 bits per heavy atom. The Hall–Kier alpha value is 0.700. The average Bonchev–Trinajstić information content (AvgIpc) is 2.33. The van der Waals surface area contributed by atoms with Gasteiger partial charge in [0.2, 0.25) is 0 Å². The molecule has 1 saturated heterocycles. The van der Waals surface area contributed by atoms with Crippen LogP contribution in [-0.4, -0.2) is 11.0 Å². The summed E-state index contributed by atoms with van der Waals surface area (Å²) in [5.41, 5.74) is 0. The van der Waals surface area contributed by atoms with E-state index in [4.69, 9.17) is 0 Å². The Labute approximate surface area is 64.6 Å². The molecule has 0 bridgehead atoms. The van der Waals surface area contributed by atoms with Gasteiger partial charge in [-0.3, -0.25) is 0 Å². The number of hydrogen-bond acceptors (Lipinski definition) is 2. The standard InChI is InChI=1S/C7H12S2/c1-2-4-7-6(3-1)5-8-9-7/h6-7H,1-5H2/t6-,7+/m1/s1. The molecule has 1 heterocycles. The van der Waals surface area contributed by atoms with Crippen molar-refractivity contribution in [1.82, 2.24) is 0 Å². The van der Waals surface area contributed by atoms with Crippen LogP contribution in [0.1, 0.15) is 25.7 Å². The minimum atomic E-state index is 1.05. The number of fused-ring (bicyclic) bond motifs is 1. The largest absolute Gasteiger partial charge is 0.0935 e. The summed E-state index contributed by atoms with van der Waals surface area (Å²) in [7, 11) is 4.24. The fourth-order valence-electron chi connectivity index (χ4n) is 1.71. The average molecular weight is 160 g/mol. The van der Waals surface area contributed by atoms with E-state index in [0.717, 1.165) is 11.2 Å². The van der Waals surface area contributed by atoms with Gasteiger partial charge in [-0.25, -0.2) is 0 Å². The smallest absolute Gasteiger partial charge is 0.0187 e. The molecule has 1 aliphatic carbocycles. The topological polar surface area (TPSA) is 0 Å². The molecule has 0 aromatic heterocycles. The van der Waals surface area contributed by atoms with Crippen molar-refractivity contribution in [3.63, 3.8) is 0 Å². The Morgan fingerprint density at radius 2 is 2.00 bits per heavy atom. The highest BCUT2D eigenvalue weighted by Crippen LogP contribution is 2.48. The maximum atomic E-state index is 2.14. The third-order valence-corrected chi connectivity index (χ3v) is 5.44. The lowest BCUT2D eigenvalue weighted by atomic mass is 9.90. The van der Waals surface area contributed by atoms with E-state index < -0.39 is 0 Å². The van der Waals surface area contributed by atoms with Crippen molar-refractivity contribution in [2.45, 2.75) is 30.9 Å². The SMILES string of the molecule is C1CC[C@@H]2SSC[C@H]2C1.